The van der Waals surface area contributed by atoms with Crippen molar-refractivity contribution >= 4 is 43.8 Å². The largest absolute Gasteiger partial charge is 2.00 e. The zero-order valence-electron chi connectivity index (χ0n) is 6.51. The molecule has 0 saturated carbocycles. The second-order valence-corrected chi connectivity index (χ2v) is 3.30. The van der Waals surface area contributed by atoms with Gasteiger partial charge in [0.1, 0.15) is 0 Å². The molecular weight excluding hydrogens is 496 g/mol. The van der Waals surface area contributed by atoms with Gasteiger partial charge in [0.2, 0.25) is 0 Å². The van der Waals surface area contributed by atoms with Crippen molar-refractivity contribution in [2.45, 2.75) is 0 Å². The molecule has 4 nitrogen and oxygen atoms in total. The van der Waals surface area contributed by atoms with Gasteiger partial charge in [0.25, 0.3) is 0 Å². The van der Waals surface area contributed by atoms with Crippen LogP contribution in [0.1, 0.15) is 0 Å². The van der Waals surface area contributed by atoms with Gasteiger partial charge in [0.15, 0.2) is 0 Å². The molecule has 0 radical (unpaired) electrons. The van der Waals surface area contributed by atoms with E-state index in [1.54, 1.807) is 0 Å². The van der Waals surface area contributed by atoms with Gasteiger partial charge >= 0.3 is 27.7 Å². The summed E-state index contributed by atoms with van der Waals surface area (Å²) in [7, 11) is 0. The first-order valence-electron chi connectivity index (χ1n) is 2.40. The Morgan fingerprint density at radius 1 is 0.923 bits per heavy atom. The molecule has 0 amide bonds. The zero-order valence-corrected chi connectivity index (χ0v) is 15.2. The Labute approximate surface area is 112 Å². The maximum Gasteiger partial charge on any atom is 2.00 e. The van der Waals surface area contributed by atoms with Crippen LogP contribution in [0.2, 0.25) is 0 Å². The van der Waals surface area contributed by atoms with Crippen LogP contribution in [0.25, 0.3) is 0 Å². The molecule has 0 aromatic heterocycles. The Morgan fingerprint density at radius 2 is 1.00 bits per heavy atom. The molecule has 0 fully saturated rings. The number of hydrogen-bond donors (Lipinski definition) is 0. The van der Waals surface area contributed by atoms with Crippen molar-refractivity contribution in [2.24, 2.45) is 0 Å². The van der Waals surface area contributed by atoms with Crippen molar-refractivity contribution in [2.75, 3.05) is 0 Å². The fourth-order valence-electron chi connectivity index (χ4n) is 0. The normalized spacial score (nSPS) is 6.92. The van der Waals surface area contributed by atoms with E-state index in [0.717, 1.165) is 0 Å². The summed E-state index contributed by atoms with van der Waals surface area (Å²) in [4.78, 5) is 18.9. The molecule has 0 rings (SSSR count). The molecule has 0 aromatic rings. The minimum atomic E-state index is -1.27. The van der Waals surface area contributed by atoms with Gasteiger partial charge in [0, 0.05) is 8.96 Å². The molecule has 0 aliphatic carbocycles. The summed E-state index contributed by atoms with van der Waals surface area (Å²) < 4.78 is -0.245. The SMILES string of the molecule is C=C(Br)C(=O)[O-].C=C(Br)C(=O)[O-].[Hg+2]. The molecule has 0 unspecified atom stereocenters. The Bertz CT molecular complexity index is 179. The molecule has 13 heavy (non-hydrogen) atoms. The Morgan fingerprint density at radius 3 is 1.00 bits per heavy atom. The van der Waals surface area contributed by atoms with Crippen LogP contribution in [-0.2, 0) is 37.3 Å². The zero-order chi connectivity index (χ0) is 10.3. The van der Waals surface area contributed by atoms with E-state index < -0.39 is 11.9 Å². The number of aliphatic carboxylic acids is 2. The van der Waals surface area contributed by atoms with Crippen LogP contribution in [0, 0.1) is 0 Å². The fraction of sp³-hybridized carbons (Fsp3) is 0. The van der Waals surface area contributed by atoms with E-state index in [9.17, 15) is 19.8 Å². The van der Waals surface area contributed by atoms with Crippen molar-refractivity contribution in [1.29, 1.82) is 0 Å². The van der Waals surface area contributed by atoms with Crippen molar-refractivity contribution in [1.82, 2.24) is 0 Å². The predicted octanol–water partition coefficient (Wildman–Crippen LogP) is -0.713. The minimum Gasteiger partial charge on any atom is -0.544 e. The van der Waals surface area contributed by atoms with Gasteiger partial charge in [-0.25, -0.2) is 0 Å². The van der Waals surface area contributed by atoms with E-state index in [2.05, 4.69) is 45.0 Å². The summed E-state index contributed by atoms with van der Waals surface area (Å²) in [6, 6.07) is 0. The summed E-state index contributed by atoms with van der Waals surface area (Å²) in [6.45, 7) is 6.02. The molecule has 68 valence electrons. The summed E-state index contributed by atoms with van der Waals surface area (Å²) in [5, 5.41) is 18.9. The fourth-order valence-corrected chi connectivity index (χ4v) is 0. The quantitative estimate of drug-likeness (QED) is 0.371. The number of halogens is 2. The van der Waals surface area contributed by atoms with Crippen LogP contribution in [0.3, 0.4) is 0 Å². The van der Waals surface area contributed by atoms with E-state index in [0.29, 0.717) is 0 Å². The molecule has 0 saturated heterocycles. The van der Waals surface area contributed by atoms with Gasteiger partial charge in [-0.1, -0.05) is 13.2 Å². The van der Waals surface area contributed by atoms with Gasteiger partial charge in [-0.3, -0.25) is 0 Å². The number of hydrogen-bond acceptors (Lipinski definition) is 4. The average Bonchev–Trinajstić information content (AvgIpc) is 1.88. The predicted molar refractivity (Wildman–Crippen MR) is 46.1 cm³/mol. The maximum absolute atomic E-state index is 9.44. The molecule has 0 atom stereocenters. The van der Waals surface area contributed by atoms with Gasteiger partial charge in [0.05, 0.1) is 11.9 Å². The smallest absolute Gasteiger partial charge is 0.544 e. The van der Waals surface area contributed by atoms with Gasteiger partial charge in [-0.05, 0) is 31.9 Å². The minimum absolute atomic E-state index is 0. The van der Waals surface area contributed by atoms with Crippen molar-refractivity contribution in [3.8, 4) is 0 Å². The third-order valence-electron chi connectivity index (χ3n) is 0.443. The molecular formula is C6H4Br2HgO4. The average molecular weight is 500 g/mol. The molecule has 0 bridgehead atoms. The monoisotopic (exact) mass is 500 g/mol. The molecule has 0 aromatic carbocycles. The molecule has 7 heteroatoms. The third kappa shape index (κ3) is 19.0. The molecule has 0 heterocycles. The van der Waals surface area contributed by atoms with Gasteiger partial charge < -0.3 is 19.8 Å². The number of carbonyl (C=O) groups excluding carboxylic acids is 2. The van der Waals surface area contributed by atoms with E-state index in [4.69, 9.17) is 0 Å². The summed E-state index contributed by atoms with van der Waals surface area (Å²) >= 11 is 5.16. The number of carbonyl (C=O) groups is 2. The van der Waals surface area contributed by atoms with E-state index in [-0.39, 0.29) is 36.6 Å². The van der Waals surface area contributed by atoms with Crippen LogP contribution in [0.5, 0.6) is 0 Å². The third-order valence-corrected chi connectivity index (χ3v) is 1.09. The van der Waals surface area contributed by atoms with E-state index in [1.807, 2.05) is 0 Å². The number of carboxylic acid groups (broad SMARTS) is 2. The van der Waals surface area contributed by atoms with Crippen LogP contribution >= 0.6 is 31.9 Å². The molecule has 0 N–H and O–H groups in total. The van der Waals surface area contributed by atoms with Crippen molar-refractivity contribution in [3.05, 3.63) is 22.1 Å². The van der Waals surface area contributed by atoms with Crippen molar-refractivity contribution < 1.29 is 47.5 Å². The van der Waals surface area contributed by atoms with Crippen molar-refractivity contribution in [3.63, 3.8) is 0 Å². The maximum atomic E-state index is 9.44. The van der Waals surface area contributed by atoms with Gasteiger partial charge in [-0.15, -0.1) is 0 Å². The van der Waals surface area contributed by atoms with Crippen LogP contribution in [0.15, 0.2) is 22.1 Å². The molecule has 0 aliphatic rings. The summed E-state index contributed by atoms with van der Waals surface area (Å²) in [5.74, 6) is -2.54. The van der Waals surface area contributed by atoms with Crippen LogP contribution in [0.4, 0.5) is 0 Å². The first-order valence-corrected chi connectivity index (χ1v) is 3.99. The number of rotatable bonds is 2. The molecule has 0 aliphatic heterocycles. The first-order chi connectivity index (χ1) is 5.29. The second-order valence-electron chi connectivity index (χ2n) is 1.38. The van der Waals surface area contributed by atoms with Crippen LogP contribution in [-0.4, -0.2) is 11.9 Å². The Balaban J connectivity index is -0.000000143. The van der Waals surface area contributed by atoms with E-state index in [1.165, 1.54) is 0 Å². The number of carboxylic acids is 2. The summed E-state index contributed by atoms with van der Waals surface area (Å²) in [6.07, 6.45) is 0. The van der Waals surface area contributed by atoms with E-state index >= 15 is 0 Å². The first kappa shape index (κ1) is 19.0. The Kier molecular flexibility index (Phi) is 15.2. The molecule has 0 spiro atoms. The Hall–Kier alpha value is 0.315. The van der Waals surface area contributed by atoms with Gasteiger partial charge in [-0.2, -0.15) is 0 Å². The van der Waals surface area contributed by atoms with Crippen LogP contribution < -0.4 is 10.2 Å². The standard InChI is InChI=1S/2C3H3BrO2.Hg/c2*1-2(4)3(5)6;/h2*1H2,(H,5,6);/q;;+2/p-2. The summed E-state index contributed by atoms with van der Waals surface area (Å²) in [5.41, 5.74) is 0. The second kappa shape index (κ2) is 10.4. The topological polar surface area (TPSA) is 80.3 Å².